The van der Waals surface area contributed by atoms with Crippen molar-refractivity contribution in [2.75, 3.05) is 20.1 Å². The van der Waals surface area contributed by atoms with Gasteiger partial charge in [0.05, 0.1) is 18.1 Å². The molecule has 0 radical (unpaired) electrons. The second-order valence-corrected chi connectivity index (χ2v) is 6.20. The predicted octanol–water partition coefficient (Wildman–Crippen LogP) is 2.45. The van der Waals surface area contributed by atoms with E-state index in [0.29, 0.717) is 24.0 Å². The van der Waals surface area contributed by atoms with Crippen molar-refractivity contribution in [2.24, 2.45) is 5.92 Å². The van der Waals surface area contributed by atoms with Crippen LogP contribution in [0.25, 0.3) is 0 Å². The molecule has 1 N–H and O–H groups in total. The molecule has 19 heavy (non-hydrogen) atoms. The lowest BCUT2D eigenvalue weighted by atomic mass is 9.97. The zero-order valence-corrected chi connectivity index (χ0v) is 12.9. The first-order chi connectivity index (χ1) is 9.06. The lowest BCUT2D eigenvalue weighted by Gasteiger charge is -2.32. The molecule has 0 bridgehead atoms. The lowest BCUT2D eigenvalue weighted by Crippen LogP contribution is -2.35. The van der Waals surface area contributed by atoms with Crippen LogP contribution >= 0.6 is 0 Å². The lowest BCUT2D eigenvalue weighted by molar-refractivity contribution is 0.174. The van der Waals surface area contributed by atoms with Crippen molar-refractivity contribution in [1.29, 1.82) is 0 Å². The van der Waals surface area contributed by atoms with E-state index in [0.717, 1.165) is 6.54 Å². The molecule has 2 heterocycles. The van der Waals surface area contributed by atoms with Gasteiger partial charge in [-0.25, -0.2) is 4.98 Å². The van der Waals surface area contributed by atoms with Gasteiger partial charge in [0.1, 0.15) is 0 Å². The third-order valence-electron chi connectivity index (χ3n) is 4.25. The first-order valence-electron chi connectivity index (χ1n) is 7.48. The van der Waals surface area contributed by atoms with E-state index in [1.165, 1.54) is 18.7 Å². The Morgan fingerprint density at radius 1 is 1.32 bits per heavy atom. The summed E-state index contributed by atoms with van der Waals surface area (Å²) in [5.41, 5.74) is 1.38. The number of nitrogens with zero attached hydrogens (tertiary/aromatic N) is 3. The molecule has 0 spiro atoms. The van der Waals surface area contributed by atoms with Crippen LogP contribution in [0.15, 0.2) is 12.5 Å². The summed E-state index contributed by atoms with van der Waals surface area (Å²) in [4.78, 5) is 7.02. The van der Waals surface area contributed by atoms with E-state index in [1.807, 2.05) is 6.33 Å². The maximum Gasteiger partial charge on any atom is 0.0951 e. The van der Waals surface area contributed by atoms with Gasteiger partial charge in [0.2, 0.25) is 0 Å². The summed E-state index contributed by atoms with van der Waals surface area (Å²) >= 11 is 0. The molecule has 0 amide bonds. The van der Waals surface area contributed by atoms with Gasteiger partial charge in [-0.15, -0.1) is 0 Å². The van der Waals surface area contributed by atoms with Gasteiger partial charge >= 0.3 is 0 Å². The smallest absolute Gasteiger partial charge is 0.0951 e. The molecule has 4 nitrogen and oxygen atoms in total. The van der Waals surface area contributed by atoms with Crippen LogP contribution < -0.4 is 5.32 Å². The molecule has 2 atom stereocenters. The quantitative estimate of drug-likeness (QED) is 0.887. The number of hydrogen-bond donors (Lipinski definition) is 1. The van der Waals surface area contributed by atoms with Crippen LogP contribution in [0.5, 0.6) is 0 Å². The fourth-order valence-corrected chi connectivity index (χ4v) is 3.32. The van der Waals surface area contributed by atoms with E-state index in [2.05, 4.69) is 60.7 Å². The highest BCUT2D eigenvalue weighted by atomic mass is 15.2. The molecule has 2 unspecified atom stereocenters. The Morgan fingerprint density at radius 3 is 2.63 bits per heavy atom. The molecule has 1 aliphatic heterocycles. The predicted molar refractivity (Wildman–Crippen MR) is 79.2 cm³/mol. The number of nitrogens with one attached hydrogen (secondary N) is 1. The molecular formula is C15H28N4. The van der Waals surface area contributed by atoms with E-state index in [9.17, 15) is 0 Å². The van der Waals surface area contributed by atoms with Gasteiger partial charge in [-0.05, 0) is 60.2 Å². The van der Waals surface area contributed by atoms with Gasteiger partial charge in [0.15, 0.2) is 0 Å². The normalized spacial score (nSPS) is 24.8. The highest BCUT2D eigenvalue weighted by Crippen LogP contribution is 2.38. The van der Waals surface area contributed by atoms with Crippen molar-refractivity contribution in [3.63, 3.8) is 0 Å². The maximum atomic E-state index is 4.39. The van der Waals surface area contributed by atoms with Crippen molar-refractivity contribution in [3.05, 3.63) is 18.2 Å². The van der Waals surface area contributed by atoms with E-state index < -0.39 is 0 Å². The van der Waals surface area contributed by atoms with Crippen molar-refractivity contribution in [1.82, 2.24) is 19.8 Å². The van der Waals surface area contributed by atoms with E-state index in [-0.39, 0.29) is 0 Å². The minimum Gasteiger partial charge on any atom is -0.331 e. The number of imidazole rings is 1. The molecule has 1 saturated heterocycles. The summed E-state index contributed by atoms with van der Waals surface area (Å²) in [7, 11) is 2.05. The summed E-state index contributed by atoms with van der Waals surface area (Å²) in [6, 6.07) is 1.56. The molecule has 1 aliphatic rings. The molecule has 1 aromatic heterocycles. The van der Waals surface area contributed by atoms with Crippen LogP contribution in [0.2, 0.25) is 0 Å². The molecular weight excluding hydrogens is 236 g/mol. The van der Waals surface area contributed by atoms with Crippen LogP contribution in [0.3, 0.4) is 0 Å². The highest BCUT2D eigenvalue weighted by molar-refractivity contribution is 5.12. The van der Waals surface area contributed by atoms with E-state index >= 15 is 0 Å². The van der Waals surface area contributed by atoms with Crippen LogP contribution in [0.4, 0.5) is 0 Å². The fourth-order valence-electron chi connectivity index (χ4n) is 3.32. The van der Waals surface area contributed by atoms with Gasteiger partial charge in [-0.2, -0.15) is 0 Å². The highest BCUT2D eigenvalue weighted by Gasteiger charge is 2.37. The van der Waals surface area contributed by atoms with Gasteiger partial charge in [-0.3, -0.25) is 4.90 Å². The summed E-state index contributed by atoms with van der Waals surface area (Å²) in [6.45, 7) is 11.3. The first-order valence-corrected chi connectivity index (χ1v) is 7.48. The average Bonchev–Trinajstić information content (AvgIpc) is 2.93. The summed E-state index contributed by atoms with van der Waals surface area (Å²) < 4.78 is 2.33. The van der Waals surface area contributed by atoms with Crippen molar-refractivity contribution in [3.8, 4) is 0 Å². The Labute approximate surface area is 117 Å². The summed E-state index contributed by atoms with van der Waals surface area (Å²) in [6.07, 6.45) is 5.31. The zero-order valence-electron chi connectivity index (χ0n) is 12.9. The summed E-state index contributed by atoms with van der Waals surface area (Å²) in [5.74, 6) is 0.682. The Morgan fingerprint density at radius 2 is 2.05 bits per heavy atom. The molecule has 2 rings (SSSR count). The summed E-state index contributed by atoms with van der Waals surface area (Å²) in [5, 5.41) is 3.35. The zero-order chi connectivity index (χ0) is 14.0. The minimum atomic E-state index is 0.474. The largest absolute Gasteiger partial charge is 0.331 e. The molecule has 0 aliphatic carbocycles. The number of rotatable bonds is 5. The molecule has 0 saturated carbocycles. The van der Waals surface area contributed by atoms with Crippen LogP contribution in [-0.4, -0.2) is 40.6 Å². The second kappa shape index (κ2) is 6.06. The Kier molecular flexibility index (Phi) is 4.63. The molecule has 4 heteroatoms. The molecule has 1 fully saturated rings. The molecule has 0 aromatic carbocycles. The van der Waals surface area contributed by atoms with Gasteiger partial charge in [0.25, 0.3) is 0 Å². The van der Waals surface area contributed by atoms with Gasteiger partial charge in [-0.1, -0.05) is 0 Å². The first kappa shape index (κ1) is 14.5. The number of aromatic nitrogens is 2. The van der Waals surface area contributed by atoms with Crippen molar-refractivity contribution >= 4 is 0 Å². The standard InChI is InChI=1S/C15H28N4/c1-11(2)18-7-6-13(8-16-5)15(18)14-9-17-10-19(14)12(3)4/h9-13,15-16H,6-8H2,1-5H3. The van der Waals surface area contributed by atoms with Gasteiger partial charge in [0, 0.05) is 18.3 Å². The minimum absolute atomic E-state index is 0.474. The van der Waals surface area contributed by atoms with Crippen LogP contribution in [0, 0.1) is 5.92 Å². The third kappa shape index (κ3) is 2.84. The van der Waals surface area contributed by atoms with Crippen molar-refractivity contribution < 1.29 is 0 Å². The maximum absolute atomic E-state index is 4.39. The molecule has 108 valence electrons. The van der Waals surface area contributed by atoms with E-state index in [4.69, 9.17) is 0 Å². The Hall–Kier alpha value is -0.870. The topological polar surface area (TPSA) is 33.1 Å². The third-order valence-corrected chi connectivity index (χ3v) is 4.25. The number of hydrogen-bond acceptors (Lipinski definition) is 3. The molecule has 1 aromatic rings. The van der Waals surface area contributed by atoms with E-state index in [1.54, 1.807) is 0 Å². The van der Waals surface area contributed by atoms with Gasteiger partial charge < -0.3 is 9.88 Å². The Bertz CT molecular complexity index is 397. The monoisotopic (exact) mass is 264 g/mol. The van der Waals surface area contributed by atoms with Crippen LogP contribution in [0.1, 0.15) is 51.9 Å². The SMILES string of the molecule is CNCC1CCN(C(C)C)C1c1cncn1C(C)C. The Balaban J connectivity index is 2.32. The average molecular weight is 264 g/mol. The van der Waals surface area contributed by atoms with Crippen LogP contribution in [-0.2, 0) is 0 Å². The van der Waals surface area contributed by atoms with Crippen molar-refractivity contribution in [2.45, 2.75) is 52.2 Å². The second-order valence-electron chi connectivity index (χ2n) is 6.20. The number of likely N-dealkylation sites (tertiary alicyclic amines) is 1. The fraction of sp³-hybridized carbons (Fsp3) is 0.800.